The fraction of sp³-hybridized carbons (Fsp3) is 0.316. The molecule has 29 heavy (non-hydrogen) atoms. The number of ether oxygens (including phenoxy) is 2. The van der Waals surface area contributed by atoms with Crippen LogP contribution in [0.5, 0.6) is 11.6 Å². The van der Waals surface area contributed by atoms with Gasteiger partial charge in [0, 0.05) is 18.8 Å². The van der Waals surface area contributed by atoms with Gasteiger partial charge in [0.15, 0.2) is 0 Å². The molecule has 0 bridgehead atoms. The van der Waals surface area contributed by atoms with Crippen molar-refractivity contribution in [3.05, 3.63) is 48.2 Å². The molecule has 0 N–H and O–H groups in total. The summed E-state index contributed by atoms with van der Waals surface area (Å²) >= 11 is 0. The molecule has 1 unspecified atom stereocenters. The van der Waals surface area contributed by atoms with Gasteiger partial charge in [-0.25, -0.2) is 14.7 Å². The minimum Gasteiger partial charge on any atom is -0.478 e. The van der Waals surface area contributed by atoms with Gasteiger partial charge >= 0.3 is 12.4 Å². The van der Waals surface area contributed by atoms with Crippen LogP contribution < -0.4 is 14.4 Å². The molecule has 3 amide bonds. The summed E-state index contributed by atoms with van der Waals surface area (Å²) in [4.78, 5) is 31.8. The maximum absolute atomic E-state index is 12.8. The summed E-state index contributed by atoms with van der Waals surface area (Å²) in [6, 6.07) is 6.64. The first-order chi connectivity index (χ1) is 13.7. The van der Waals surface area contributed by atoms with Crippen molar-refractivity contribution in [2.45, 2.75) is 32.8 Å². The highest BCUT2D eigenvalue weighted by Crippen LogP contribution is 2.30. The van der Waals surface area contributed by atoms with Crippen molar-refractivity contribution in [2.24, 2.45) is 0 Å². The molecule has 2 heterocycles. The number of aromatic nitrogens is 1. The van der Waals surface area contributed by atoms with Crippen LogP contribution in [0, 0.1) is 0 Å². The quantitative estimate of drug-likeness (QED) is 0.680. The second kappa shape index (κ2) is 7.98. The normalized spacial score (nSPS) is 17.1. The van der Waals surface area contributed by atoms with Crippen molar-refractivity contribution in [1.29, 1.82) is 0 Å². The first kappa shape index (κ1) is 20.4. The summed E-state index contributed by atoms with van der Waals surface area (Å²) in [7, 11) is 0. The Bertz CT molecular complexity index is 902. The van der Waals surface area contributed by atoms with E-state index in [2.05, 4.69) is 9.72 Å². The Hall–Kier alpha value is -3.30. The standard InChI is InChI=1S/C19H18F3N3O4/c1-3-28-16-10-13(8-9-23-16)11-24-12(2)17(26)25(18(24)27)14-4-6-15(7-5-14)29-19(20,21)22/h4-10,12H,3,11H2,1-2H3. The van der Waals surface area contributed by atoms with Crippen LogP contribution in [0.4, 0.5) is 23.7 Å². The molecule has 2 aromatic rings. The molecule has 0 spiro atoms. The highest BCUT2D eigenvalue weighted by atomic mass is 19.4. The molecule has 0 radical (unpaired) electrons. The smallest absolute Gasteiger partial charge is 0.478 e. The van der Waals surface area contributed by atoms with Crippen LogP contribution in [-0.4, -0.2) is 40.8 Å². The summed E-state index contributed by atoms with van der Waals surface area (Å²) in [5, 5.41) is 0. The van der Waals surface area contributed by atoms with Crippen LogP contribution in [0.25, 0.3) is 0 Å². The van der Waals surface area contributed by atoms with Crippen molar-refractivity contribution < 1.29 is 32.2 Å². The number of nitrogens with zero attached hydrogens (tertiary/aromatic N) is 3. The van der Waals surface area contributed by atoms with Crippen molar-refractivity contribution in [2.75, 3.05) is 11.5 Å². The molecular formula is C19H18F3N3O4. The van der Waals surface area contributed by atoms with Gasteiger partial charge in [-0.3, -0.25) is 4.79 Å². The van der Waals surface area contributed by atoms with E-state index < -0.39 is 30.1 Å². The number of rotatable bonds is 6. The third-order valence-corrected chi connectivity index (χ3v) is 4.26. The first-order valence-corrected chi connectivity index (χ1v) is 8.77. The third kappa shape index (κ3) is 4.58. The molecule has 7 nitrogen and oxygen atoms in total. The molecule has 3 rings (SSSR count). The molecule has 10 heteroatoms. The number of hydrogen-bond donors (Lipinski definition) is 0. The van der Waals surface area contributed by atoms with Gasteiger partial charge in [0.2, 0.25) is 5.88 Å². The number of alkyl halides is 3. The van der Waals surface area contributed by atoms with Crippen molar-refractivity contribution in [3.63, 3.8) is 0 Å². The van der Waals surface area contributed by atoms with E-state index in [1.807, 2.05) is 6.92 Å². The Morgan fingerprint density at radius 1 is 1.14 bits per heavy atom. The Balaban J connectivity index is 1.78. The van der Waals surface area contributed by atoms with Gasteiger partial charge in [-0.05, 0) is 49.7 Å². The summed E-state index contributed by atoms with van der Waals surface area (Å²) in [6.07, 6.45) is -3.28. The second-order valence-corrected chi connectivity index (χ2v) is 6.24. The predicted molar refractivity (Wildman–Crippen MR) is 96.4 cm³/mol. The van der Waals surface area contributed by atoms with Crippen LogP contribution in [0.3, 0.4) is 0 Å². The molecule has 1 saturated heterocycles. The Morgan fingerprint density at radius 2 is 1.83 bits per heavy atom. The average Bonchev–Trinajstić information content (AvgIpc) is 2.85. The van der Waals surface area contributed by atoms with E-state index >= 15 is 0 Å². The van der Waals surface area contributed by atoms with Crippen molar-refractivity contribution in [3.8, 4) is 11.6 Å². The minimum absolute atomic E-state index is 0.153. The predicted octanol–water partition coefficient (Wildman–Crippen LogP) is 3.74. The SMILES string of the molecule is CCOc1cc(CN2C(=O)N(c3ccc(OC(F)(F)F)cc3)C(=O)C2C)ccn1. The minimum atomic E-state index is -4.82. The van der Waals surface area contributed by atoms with E-state index in [9.17, 15) is 22.8 Å². The molecular weight excluding hydrogens is 391 g/mol. The van der Waals surface area contributed by atoms with E-state index in [1.165, 1.54) is 17.0 Å². The zero-order valence-corrected chi connectivity index (χ0v) is 15.6. The van der Waals surface area contributed by atoms with Gasteiger partial charge < -0.3 is 14.4 Å². The van der Waals surface area contributed by atoms with Crippen LogP contribution >= 0.6 is 0 Å². The number of anilines is 1. The molecule has 1 aliphatic rings. The first-order valence-electron chi connectivity index (χ1n) is 8.77. The van der Waals surface area contributed by atoms with Crippen LogP contribution in [0.15, 0.2) is 42.6 Å². The molecule has 0 aliphatic carbocycles. The van der Waals surface area contributed by atoms with Gasteiger partial charge in [0.05, 0.1) is 12.3 Å². The van der Waals surface area contributed by atoms with Crippen LogP contribution in [0.1, 0.15) is 19.4 Å². The molecule has 0 saturated carbocycles. The second-order valence-electron chi connectivity index (χ2n) is 6.24. The molecule has 1 aromatic heterocycles. The lowest BCUT2D eigenvalue weighted by molar-refractivity contribution is -0.274. The van der Waals surface area contributed by atoms with Gasteiger partial charge in [0.25, 0.3) is 5.91 Å². The van der Waals surface area contributed by atoms with E-state index in [-0.39, 0.29) is 12.2 Å². The number of carbonyl (C=O) groups is 2. The lowest BCUT2D eigenvalue weighted by Gasteiger charge is -2.19. The number of imide groups is 1. The molecule has 154 valence electrons. The number of benzene rings is 1. The molecule has 1 aliphatic heterocycles. The van der Waals surface area contributed by atoms with Gasteiger partial charge in [-0.2, -0.15) is 0 Å². The summed E-state index contributed by atoms with van der Waals surface area (Å²) < 4.78 is 46.0. The third-order valence-electron chi connectivity index (χ3n) is 4.26. The van der Waals surface area contributed by atoms with E-state index in [4.69, 9.17) is 4.74 Å². The number of pyridine rings is 1. The molecule has 1 aromatic carbocycles. The lowest BCUT2D eigenvalue weighted by atomic mass is 10.2. The lowest BCUT2D eigenvalue weighted by Crippen LogP contribution is -2.33. The van der Waals surface area contributed by atoms with Crippen LogP contribution in [0.2, 0.25) is 0 Å². The van der Waals surface area contributed by atoms with Gasteiger partial charge in [-0.1, -0.05) is 0 Å². The summed E-state index contributed by atoms with van der Waals surface area (Å²) in [5.41, 5.74) is 0.890. The fourth-order valence-electron chi connectivity index (χ4n) is 2.92. The highest BCUT2D eigenvalue weighted by Gasteiger charge is 2.43. The maximum Gasteiger partial charge on any atom is 0.573 e. The zero-order valence-electron chi connectivity index (χ0n) is 15.6. The topological polar surface area (TPSA) is 72.0 Å². The number of hydrogen-bond acceptors (Lipinski definition) is 5. The highest BCUT2D eigenvalue weighted by molar-refractivity contribution is 6.21. The fourth-order valence-corrected chi connectivity index (χ4v) is 2.92. The number of halogens is 3. The van der Waals surface area contributed by atoms with E-state index in [0.29, 0.717) is 12.5 Å². The summed E-state index contributed by atoms with van der Waals surface area (Å²) in [5.74, 6) is -0.503. The summed E-state index contributed by atoms with van der Waals surface area (Å²) in [6.45, 7) is 4.00. The Labute approximate surface area is 164 Å². The van der Waals surface area contributed by atoms with Gasteiger partial charge in [0.1, 0.15) is 11.8 Å². The average molecular weight is 409 g/mol. The molecule has 1 atom stereocenters. The maximum atomic E-state index is 12.8. The number of amides is 3. The number of urea groups is 1. The monoisotopic (exact) mass is 409 g/mol. The van der Waals surface area contributed by atoms with E-state index in [1.54, 1.807) is 25.3 Å². The van der Waals surface area contributed by atoms with Crippen LogP contribution in [-0.2, 0) is 11.3 Å². The largest absolute Gasteiger partial charge is 0.573 e. The zero-order chi connectivity index (χ0) is 21.2. The Kier molecular flexibility index (Phi) is 5.62. The molecule has 1 fully saturated rings. The Morgan fingerprint density at radius 3 is 2.45 bits per heavy atom. The van der Waals surface area contributed by atoms with Gasteiger partial charge in [-0.15, -0.1) is 13.2 Å². The van der Waals surface area contributed by atoms with E-state index in [0.717, 1.165) is 22.6 Å². The van der Waals surface area contributed by atoms with Crippen molar-refractivity contribution in [1.82, 2.24) is 9.88 Å². The number of carbonyl (C=O) groups excluding carboxylic acids is 2. The van der Waals surface area contributed by atoms with Crippen molar-refractivity contribution >= 4 is 17.6 Å².